The van der Waals surface area contributed by atoms with Crippen molar-refractivity contribution in [3.8, 4) is 16.9 Å². The molecule has 0 radical (unpaired) electrons. The predicted molar refractivity (Wildman–Crippen MR) is 99.7 cm³/mol. The Kier molecular flexibility index (Phi) is 4.08. The Morgan fingerprint density at radius 1 is 0.667 bits per heavy atom. The van der Waals surface area contributed by atoms with E-state index in [1.54, 1.807) is 7.11 Å². The molecule has 0 spiro atoms. The Morgan fingerprint density at radius 3 is 2.08 bits per heavy atom. The molecule has 0 aliphatic heterocycles. The van der Waals surface area contributed by atoms with Crippen LogP contribution >= 0.6 is 0 Å². The SMILES string of the molecule is COc1cccc(-c2cc3ccc2CCc2ccc(cc2)CC3)c1. The van der Waals surface area contributed by atoms with Crippen LogP contribution in [0.5, 0.6) is 5.75 Å². The summed E-state index contributed by atoms with van der Waals surface area (Å²) >= 11 is 0. The lowest BCUT2D eigenvalue weighted by Crippen LogP contribution is -2.00. The van der Waals surface area contributed by atoms with Crippen LogP contribution in [0.2, 0.25) is 0 Å². The van der Waals surface area contributed by atoms with Crippen molar-refractivity contribution in [2.24, 2.45) is 0 Å². The highest BCUT2D eigenvalue weighted by atomic mass is 16.5. The Hall–Kier alpha value is -2.54. The van der Waals surface area contributed by atoms with E-state index in [4.69, 9.17) is 4.74 Å². The van der Waals surface area contributed by atoms with Crippen LogP contribution in [0, 0.1) is 0 Å². The lowest BCUT2D eigenvalue weighted by atomic mass is 9.90. The molecule has 3 aromatic rings. The van der Waals surface area contributed by atoms with Crippen molar-refractivity contribution in [2.75, 3.05) is 7.11 Å². The van der Waals surface area contributed by atoms with E-state index in [0.29, 0.717) is 0 Å². The van der Waals surface area contributed by atoms with Gasteiger partial charge < -0.3 is 4.74 Å². The predicted octanol–water partition coefficient (Wildman–Crippen LogP) is 5.25. The number of hydrogen-bond donors (Lipinski definition) is 0. The average Bonchev–Trinajstić information content (AvgIpc) is 2.64. The summed E-state index contributed by atoms with van der Waals surface area (Å²) < 4.78 is 5.42. The van der Waals surface area contributed by atoms with Crippen molar-refractivity contribution >= 4 is 0 Å². The molecule has 7 rings (SSSR count). The van der Waals surface area contributed by atoms with E-state index in [9.17, 15) is 0 Å². The van der Waals surface area contributed by atoms with Crippen LogP contribution in [0.15, 0.2) is 66.7 Å². The molecule has 120 valence electrons. The fraction of sp³-hybridized carbons (Fsp3) is 0.217. The van der Waals surface area contributed by atoms with Crippen molar-refractivity contribution in [3.63, 3.8) is 0 Å². The summed E-state index contributed by atoms with van der Waals surface area (Å²) in [4.78, 5) is 0. The van der Waals surface area contributed by atoms with Gasteiger partial charge in [0.25, 0.3) is 0 Å². The average molecular weight is 314 g/mol. The number of ether oxygens (including phenoxy) is 1. The first-order valence-corrected chi connectivity index (χ1v) is 8.66. The molecule has 3 aromatic carbocycles. The third kappa shape index (κ3) is 3.07. The van der Waals surface area contributed by atoms with Gasteiger partial charge in [0.15, 0.2) is 0 Å². The molecule has 0 saturated carbocycles. The van der Waals surface area contributed by atoms with Crippen molar-refractivity contribution in [2.45, 2.75) is 25.7 Å². The highest BCUT2D eigenvalue weighted by molar-refractivity contribution is 5.69. The summed E-state index contributed by atoms with van der Waals surface area (Å²) in [7, 11) is 1.73. The lowest BCUT2D eigenvalue weighted by Gasteiger charge is -2.15. The second-order valence-electron chi connectivity index (χ2n) is 6.54. The van der Waals surface area contributed by atoms with Crippen molar-refractivity contribution in [1.29, 1.82) is 0 Å². The summed E-state index contributed by atoms with van der Waals surface area (Å²) in [6, 6.07) is 24.5. The maximum atomic E-state index is 5.42. The Bertz CT molecular complexity index is 846. The summed E-state index contributed by atoms with van der Waals surface area (Å²) in [6.45, 7) is 0. The molecule has 0 unspecified atom stereocenters. The monoisotopic (exact) mass is 314 g/mol. The standard InChI is InChI=1S/C23H22O/c1-24-22-4-2-3-21(16-22)23-15-19-10-9-17-5-7-18(8-6-17)11-13-20(23)14-12-19/h2-8,12,14-16H,9-11,13H2,1H3. The third-order valence-corrected chi connectivity index (χ3v) is 4.96. The van der Waals surface area contributed by atoms with Gasteiger partial charge >= 0.3 is 0 Å². The molecule has 0 saturated heterocycles. The number of rotatable bonds is 2. The van der Waals surface area contributed by atoms with Gasteiger partial charge in [-0.05, 0) is 71.2 Å². The molecule has 0 fully saturated rings. The topological polar surface area (TPSA) is 9.23 Å². The first kappa shape index (κ1) is 15.0. The van der Waals surface area contributed by atoms with Crippen molar-refractivity contribution < 1.29 is 4.74 Å². The van der Waals surface area contributed by atoms with Gasteiger partial charge in [-0.1, -0.05) is 54.6 Å². The fourth-order valence-electron chi connectivity index (χ4n) is 3.50. The molecular formula is C23H22O. The summed E-state index contributed by atoms with van der Waals surface area (Å²) in [6.07, 6.45) is 4.32. The first-order valence-electron chi connectivity index (χ1n) is 8.66. The molecule has 4 aliphatic rings. The lowest BCUT2D eigenvalue weighted by molar-refractivity contribution is 0.415. The molecule has 0 N–H and O–H groups in total. The Balaban J connectivity index is 1.78. The maximum Gasteiger partial charge on any atom is 0.119 e. The van der Waals surface area contributed by atoms with Crippen LogP contribution in [-0.4, -0.2) is 7.11 Å². The van der Waals surface area contributed by atoms with E-state index in [1.165, 1.54) is 33.4 Å². The summed E-state index contributed by atoms with van der Waals surface area (Å²) in [5.41, 5.74) is 8.25. The van der Waals surface area contributed by atoms with E-state index in [1.807, 2.05) is 6.07 Å². The van der Waals surface area contributed by atoms with Crippen LogP contribution in [0.25, 0.3) is 11.1 Å². The van der Waals surface area contributed by atoms with E-state index in [-0.39, 0.29) is 0 Å². The molecule has 1 heteroatoms. The quantitative estimate of drug-likeness (QED) is 0.628. The zero-order valence-corrected chi connectivity index (χ0v) is 14.1. The maximum absolute atomic E-state index is 5.42. The van der Waals surface area contributed by atoms with Crippen LogP contribution in [0.1, 0.15) is 22.3 Å². The van der Waals surface area contributed by atoms with Gasteiger partial charge in [0.05, 0.1) is 7.11 Å². The minimum absolute atomic E-state index is 0.917. The molecular weight excluding hydrogens is 292 g/mol. The molecule has 0 heterocycles. The molecule has 4 bridgehead atoms. The second-order valence-corrected chi connectivity index (χ2v) is 6.54. The van der Waals surface area contributed by atoms with Gasteiger partial charge in [-0.25, -0.2) is 0 Å². The van der Waals surface area contributed by atoms with Crippen LogP contribution < -0.4 is 4.74 Å². The molecule has 1 nitrogen and oxygen atoms in total. The number of methoxy groups -OCH3 is 1. The Labute approximate surface area is 143 Å². The molecule has 0 amide bonds. The van der Waals surface area contributed by atoms with Gasteiger partial charge in [-0.2, -0.15) is 0 Å². The van der Waals surface area contributed by atoms with Gasteiger partial charge in [0.2, 0.25) is 0 Å². The fourth-order valence-corrected chi connectivity index (χ4v) is 3.50. The largest absolute Gasteiger partial charge is 0.497 e. The molecule has 0 atom stereocenters. The van der Waals surface area contributed by atoms with Crippen LogP contribution in [0.4, 0.5) is 0 Å². The Morgan fingerprint density at radius 2 is 1.33 bits per heavy atom. The van der Waals surface area contributed by atoms with E-state index in [0.717, 1.165) is 31.4 Å². The summed E-state index contributed by atoms with van der Waals surface area (Å²) in [5.74, 6) is 0.917. The normalized spacial score (nSPS) is 13.4. The number of aryl methyl sites for hydroxylation is 4. The first-order chi connectivity index (χ1) is 11.8. The smallest absolute Gasteiger partial charge is 0.119 e. The van der Waals surface area contributed by atoms with Crippen LogP contribution in [0.3, 0.4) is 0 Å². The second kappa shape index (κ2) is 6.52. The number of benzene rings is 3. The van der Waals surface area contributed by atoms with Gasteiger partial charge in [0.1, 0.15) is 5.75 Å². The minimum atomic E-state index is 0.917. The van der Waals surface area contributed by atoms with Gasteiger partial charge in [-0.15, -0.1) is 0 Å². The molecule has 4 aliphatic carbocycles. The van der Waals surface area contributed by atoms with Gasteiger partial charge in [-0.3, -0.25) is 0 Å². The van der Waals surface area contributed by atoms with E-state index in [2.05, 4.69) is 60.7 Å². The zero-order chi connectivity index (χ0) is 16.4. The van der Waals surface area contributed by atoms with Crippen molar-refractivity contribution in [3.05, 3.63) is 89.0 Å². The van der Waals surface area contributed by atoms with Crippen molar-refractivity contribution in [1.82, 2.24) is 0 Å². The minimum Gasteiger partial charge on any atom is -0.497 e. The third-order valence-electron chi connectivity index (χ3n) is 4.96. The molecule has 24 heavy (non-hydrogen) atoms. The van der Waals surface area contributed by atoms with Gasteiger partial charge in [0, 0.05) is 0 Å². The number of hydrogen-bond acceptors (Lipinski definition) is 1. The van der Waals surface area contributed by atoms with E-state index < -0.39 is 0 Å². The molecule has 0 aromatic heterocycles. The summed E-state index contributed by atoms with van der Waals surface area (Å²) in [5, 5.41) is 0. The van der Waals surface area contributed by atoms with Crippen LogP contribution in [-0.2, 0) is 25.7 Å². The zero-order valence-electron chi connectivity index (χ0n) is 14.1. The highest BCUT2D eigenvalue weighted by Gasteiger charge is 2.10. The van der Waals surface area contributed by atoms with E-state index >= 15 is 0 Å². The highest BCUT2D eigenvalue weighted by Crippen LogP contribution is 2.30.